The minimum Gasteiger partial charge on any atom is -0.361 e. The van der Waals surface area contributed by atoms with Gasteiger partial charge < -0.3 is 5.32 Å². The molecule has 0 aliphatic rings. The number of aromatic nitrogens is 2. The molecule has 0 bridgehead atoms. The maximum absolute atomic E-state index is 12.6. The molecule has 1 aromatic heterocycles. The Labute approximate surface area is 139 Å². The first kappa shape index (κ1) is 15.3. The molecule has 0 saturated carbocycles. The quantitative estimate of drug-likeness (QED) is 0.793. The zero-order chi connectivity index (χ0) is 16.2. The smallest absolute Gasteiger partial charge is 0.297 e. The summed E-state index contributed by atoms with van der Waals surface area (Å²) in [5.41, 5.74) is 2.57. The van der Waals surface area contributed by atoms with Gasteiger partial charge in [0, 0.05) is 24.0 Å². The Kier molecular flexibility index (Phi) is 4.44. The van der Waals surface area contributed by atoms with E-state index >= 15 is 0 Å². The van der Waals surface area contributed by atoms with E-state index in [9.17, 15) is 4.79 Å². The number of anilines is 1. The van der Waals surface area contributed by atoms with Crippen molar-refractivity contribution in [2.75, 3.05) is 5.32 Å². The molecule has 116 valence electrons. The van der Waals surface area contributed by atoms with Crippen molar-refractivity contribution < 1.29 is 0 Å². The normalized spacial score (nSPS) is 10.5. The van der Waals surface area contributed by atoms with Gasteiger partial charge in [0.05, 0.1) is 5.69 Å². The third kappa shape index (κ3) is 3.43. The van der Waals surface area contributed by atoms with Crippen molar-refractivity contribution in [1.82, 2.24) is 9.55 Å². The molecule has 0 unspecified atom stereocenters. The highest BCUT2D eigenvalue weighted by Crippen LogP contribution is 2.18. The number of aryl methyl sites for hydroxylation is 1. The van der Waals surface area contributed by atoms with Crippen LogP contribution in [0.2, 0.25) is 5.02 Å². The number of halogens is 1. The van der Waals surface area contributed by atoms with Crippen LogP contribution in [-0.2, 0) is 6.54 Å². The van der Waals surface area contributed by atoms with Gasteiger partial charge >= 0.3 is 0 Å². The Hall–Kier alpha value is -2.59. The standard InChI is InChI=1S/C18H16ClN3O/c1-13-7-8-15(11-16(13)19)22-10-9-20-17(18(22)23)21-12-14-5-3-2-4-6-14/h2-11H,12H2,1H3,(H,20,21). The molecule has 1 heterocycles. The van der Waals surface area contributed by atoms with Crippen LogP contribution in [0.1, 0.15) is 11.1 Å². The molecule has 2 aromatic carbocycles. The van der Waals surface area contributed by atoms with Gasteiger partial charge in [0.2, 0.25) is 0 Å². The second-order valence-electron chi connectivity index (χ2n) is 5.22. The van der Waals surface area contributed by atoms with Gasteiger partial charge in [-0.25, -0.2) is 4.98 Å². The van der Waals surface area contributed by atoms with Crippen molar-refractivity contribution in [1.29, 1.82) is 0 Å². The summed E-state index contributed by atoms with van der Waals surface area (Å²) >= 11 is 6.15. The second-order valence-corrected chi connectivity index (χ2v) is 5.63. The third-order valence-corrected chi connectivity index (χ3v) is 3.98. The largest absolute Gasteiger partial charge is 0.361 e. The molecular weight excluding hydrogens is 310 g/mol. The van der Waals surface area contributed by atoms with Gasteiger partial charge in [0.25, 0.3) is 5.56 Å². The predicted molar refractivity (Wildman–Crippen MR) is 93.3 cm³/mol. The summed E-state index contributed by atoms with van der Waals surface area (Å²) in [5.74, 6) is 0.313. The Balaban J connectivity index is 1.89. The van der Waals surface area contributed by atoms with E-state index in [0.29, 0.717) is 17.4 Å². The fourth-order valence-corrected chi connectivity index (χ4v) is 2.42. The van der Waals surface area contributed by atoms with E-state index in [2.05, 4.69) is 10.3 Å². The zero-order valence-electron chi connectivity index (χ0n) is 12.7. The minimum absolute atomic E-state index is 0.205. The molecule has 0 aliphatic carbocycles. The van der Waals surface area contributed by atoms with Crippen molar-refractivity contribution in [3.05, 3.63) is 87.4 Å². The van der Waals surface area contributed by atoms with E-state index in [1.807, 2.05) is 49.4 Å². The molecular formula is C18H16ClN3O. The van der Waals surface area contributed by atoms with Gasteiger partial charge in [0.15, 0.2) is 5.82 Å². The van der Waals surface area contributed by atoms with Crippen LogP contribution < -0.4 is 10.9 Å². The summed E-state index contributed by atoms with van der Waals surface area (Å²) in [5, 5.41) is 3.72. The van der Waals surface area contributed by atoms with Gasteiger partial charge in [-0.2, -0.15) is 0 Å². The Bertz CT molecular complexity index is 875. The van der Waals surface area contributed by atoms with Crippen molar-refractivity contribution in [3.8, 4) is 5.69 Å². The van der Waals surface area contributed by atoms with Crippen molar-refractivity contribution in [2.45, 2.75) is 13.5 Å². The predicted octanol–water partition coefficient (Wildman–Crippen LogP) is 3.81. The van der Waals surface area contributed by atoms with E-state index in [1.54, 1.807) is 18.5 Å². The topological polar surface area (TPSA) is 46.9 Å². The lowest BCUT2D eigenvalue weighted by Gasteiger charge is -2.10. The first-order valence-electron chi connectivity index (χ1n) is 7.27. The van der Waals surface area contributed by atoms with E-state index in [0.717, 1.165) is 16.8 Å². The summed E-state index contributed by atoms with van der Waals surface area (Å²) in [7, 11) is 0. The fraction of sp³-hybridized carbons (Fsp3) is 0.111. The maximum Gasteiger partial charge on any atom is 0.297 e. The summed E-state index contributed by atoms with van der Waals surface area (Å²) < 4.78 is 1.53. The van der Waals surface area contributed by atoms with Gasteiger partial charge in [-0.1, -0.05) is 48.0 Å². The van der Waals surface area contributed by atoms with Crippen molar-refractivity contribution >= 4 is 17.4 Å². The van der Waals surface area contributed by atoms with Gasteiger partial charge in [-0.3, -0.25) is 9.36 Å². The molecule has 0 atom stereocenters. The Morgan fingerprint density at radius 3 is 2.70 bits per heavy atom. The highest BCUT2D eigenvalue weighted by molar-refractivity contribution is 6.31. The van der Waals surface area contributed by atoms with Crippen molar-refractivity contribution in [2.24, 2.45) is 0 Å². The van der Waals surface area contributed by atoms with E-state index in [-0.39, 0.29) is 5.56 Å². The summed E-state index contributed by atoms with van der Waals surface area (Å²) in [6.07, 6.45) is 3.24. The van der Waals surface area contributed by atoms with Crippen LogP contribution in [-0.4, -0.2) is 9.55 Å². The second kappa shape index (κ2) is 6.67. The minimum atomic E-state index is -0.205. The number of benzene rings is 2. The molecule has 1 N–H and O–H groups in total. The van der Waals surface area contributed by atoms with Crippen LogP contribution in [0.4, 0.5) is 5.82 Å². The zero-order valence-corrected chi connectivity index (χ0v) is 13.4. The lowest BCUT2D eigenvalue weighted by Crippen LogP contribution is -2.23. The molecule has 0 amide bonds. The van der Waals surface area contributed by atoms with E-state index in [1.165, 1.54) is 4.57 Å². The molecule has 3 aromatic rings. The average molecular weight is 326 g/mol. The summed E-state index contributed by atoms with van der Waals surface area (Å²) in [6, 6.07) is 15.4. The Morgan fingerprint density at radius 2 is 1.96 bits per heavy atom. The van der Waals surface area contributed by atoms with E-state index < -0.39 is 0 Å². The molecule has 0 radical (unpaired) electrons. The lowest BCUT2D eigenvalue weighted by atomic mass is 10.2. The fourth-order valence-electron chi connectivity index (χ4n) is 2.25. The number of rotatable bonds is 4. The Morgan fingerprint density at radius 1 is 1.17 bits per heavy atom. The van der Waals surface area contributed by atoms with Gasteiger partial charge in [0.1, 0.15) is 0 Å². The molecule has 0 fully saturated rings. The number of nitrogens with one attached hydrogen (secondary N) is 1. The molecule has 23 heavy (non-hydrogen) atoms. The van der Waals surface area contributed by atoms with Crippen LogP contribution >= 0.6 is 11.6 Å². The van der Waals surface area contributed by atoms with Gasteiger partial charge in [-0.05, 0) is 30.2 Å². The first-order chi connectivity index (χ1) is 11.1. The van der Waals surface area contributed by atoms with Crippen LogP contribution in [0.25, 0.3) is 5.69 Å². The monoisotopic (exact) mass is 325 g/mol. The number of nitrogens with zero attached hydrogens (tertiary/aromatic N) is 2. The number of hydrogen-bond donors (Lipinski definition) is 1. The van der Waals surface area contributed by atoms with Crippen LogP contribution in [0, 0.1) is 6.92 Å². The molecule has 3 rings (SSSR count). The van der Waals surface area contributed by atoms with Gasteiger partial charge in [-0.15, -0.1) is 0 Å². The first-order valence-corrected chi connectivity index (χ1v) is 7.65. The maximum atomic E-state index is 12.6. The SMILES string of the molecule is Cc1ccc(-n2ccnc(NCc3ccccc3)c2=O)cc1Cl. The van der Waals surface area contributed by atoms with Crippen LogP contribution in [0.15, 0.2) is 65.7 Å². The average Bonchev–Trinajstić information content (AvgIpc) is 2.57. The third-order valence-electron chi connectivity index (χ3n) is 3.58. The van der Waals surface area contributed by atoms with Crippen molar-refractivity contribution in [3.63, 3.8) is 0 Å². The highest BCUT2D eigenvalue weighted by atomic mass is 35.5. The molecule has 0 saturated heterocycles. The molecule has 5 heteroatoms. The molecule has 0 spiro atoms. The summed E-state index contributed by atoms with van der Waals surface area (Å²) in [6.45, 7) is 2.47. The van der Waals surface area contributed by atoms with Crippen LogP contribution in [0.3, 0.4) is 0 Å². The lowest BCUT2D eigenvalue weighted by molar-refractivity contribution is 0.944. The number of hydrogen-bond acceptors (Lipinski definition) is 3. The molecule has 0 aliphatic heterocycles. The highest BCUT2D eigenvalue weighted by Gasteiger charge is 2.07. The summed E-state index contributed by atoms with van der Waals surface area (Å²) in [4.78, 5) is 16.7. The molecule has 4 nitrogen and oxygen atoms in total. The van der Waals surface area contributed by atoms with E-state index in [4.69, 9.17) is 11.6 Å². The van der Waals surface area contributed by atoms with Crippen LogP contribution in [0.5, 0.6) is 0 Å².